The van der Waals surface area contributed by atoms with Crippen molar-refractivity contribution < 1.29 is 5.11 Å². The van der Waals surface area contributed by atoms with E-state index in [1.165, 1.54) is 24.8 Å². The first kappa shape index (κ1) is 11.7. The molecule has 18 heavy (non-hydrogen) atoms. The van der Waals surface area contributed by atoms with Crippen LogP contribution in [0.4, 0.5) is 0 Å². The van der Waals surface area contributed by atoms with E-state index < -0.39 is 0 Å². The van der Waals surface area contributed by atoms with Crippen molar-refractivity contribution in [2.75, 3.05) is 0 Å². The van der Waals surface area contributed by atoms with Gasteiger partial charge in [-0.25, -0.2) is 4.98 Å². The molecular weight excluding hydrogens is 224 g/mol. The van der Waals surface area contributed by atoms with Crippen LogP contribution in [0.15, 0.2) is 24.8 Å². The Kier molecular flexibility index (Phi) is 3.08. The number of hydrogen-bond acceptors (Lipinski definition) is 2. The Bertz CT molecular complexity index is 540. The molecule has 0 amide bonds. The van der Waals surface area contributed by atoms with Gasteiger partial charge in [-0.15, -0.1) is 0 Å². The number of aliphatic hydroxyl groups is 1. The van der Waals surface area contributed by atoms with Gasteiger partial charge in [0.1, 0.15) is 0 Å². The van der Waals surface area contributed by atoms with Crippen LogP contribution >= 0.6 is 0 Å². The fraction of sp³-hybridized carbons (Fsp3) is 0.533. The smallest absolute Gasteiger partial charge is 0.0992 e. The highest BCUT2D eigenvalue weighted by Gasteiger charge is 2.25. The van der Waals surface area contributed by atoms with Gasteiger partial charge >= 0.3 is 0 Å². The molecule has 0 aromatic carbocycles. The molecule has 0 aliphatic heterocycles. The maximum Gasteiger partial charge on any atom is 0.0992 e. The maximum atomic E-state index is 10.7. The molecular formula is C15H20N2O. The first-order valence-corrected chi connectivity index (χ1v) is 6.86. The number of aryl methyl sites for hydroxylation is 1. The van der Waals surface area contributed by atoms with E-state index in [9.17, 15) is 5.11 Å². The second kappa shape index (κ2) is 4.73. The van der Waals surface area contributed by atoms with Crippen molar-refractivity contribution in [3.63, 3.8) is 0 Å². The summed E-state index contributed by atoms with van der Waals surface area (Å²) in [7, 11) is 0. The quantitative estimate of drug-likeness (QED) is 0.880. The highest BCUT2D eigenvalue weighted by atomic mass is 16.3. The number of imidazole rings is 1. The largest absolute Gasteiger partial charge is 0.388 e. The number of aliphatic hydroxyl groups excluding tert-OH is 1. The van der Waals surface area contributed by atoms with Crippen LogP contribution in [0.3, 0.4) is 0 Å². The summed E-state index contributed by atoms with van der Waals surface area (Å²) in [4.78, 5) is 4.18. The molecule has 2 heterocycles. The van der Waals surface area contributed by atoms with Crippen molar-refractivity contribution in [3.8, 4) is 0 Å². The normalized spacial score (nSPS) is 19.2. The summed E-state index contributed by atoms with van der Waals surface area (Å²) in [6.07, 6.45) is 11.4. The standard InChI is InChI=1S/C15H20N2O/c1-11-7-8-17-10-16-9-13(17)14(11)15(18)12-5-3-2-4-6-12/h7-10,12,15,18H,2-6H2,1H3/t15-/m1/s1. The van der Waals surface area contributed by atoms with E-state index in [-0.39, 0.29) is 6.10 Å². The number of aromatic nitrogens is 2. The van der Waals surface area contributed by atoms with Gasteiger partial charge in [-0.1, -0.05) is 19.3 Å². The molecule has 1 aliphatic carbocycles. The fourth-order valence-corrected chi connectivity index (χ4v) is 3.19. The van der Waals surface area contributed by atoms with Gasteiger partial charge in [0.05, 0.1) is 24.1 Å². The van der Waals surface area contributed by atoms with Crippen LogP contribution in [0.1, 0.15) is 49.3 Å². The zero-order valence-corrected chi connectivity index (χ0v) is 10.8. The van der Waals surface area contributed by atoms with Crippen molar-refractivity contribution in [1.29, 1.82) is 0 Å². The van der Waals surface area contributed by atoms with Crippen LogP contribution in [-0.4, -0.2) is 14.5 Å². The van der Waals surface area contributed by atoms with Crippen molar-refractivity contribution >= 4 is 5.52 Å². The summed E-state index contributed by atoms with van der Waals surface area (Å²) < 4.78 is 1.99. The zero-order valence-electron chi connectivity index (χ0n) is 10.8. The van der Waals surface area contributed by atoms with Gasteiger partial charge in [0.2, 0.25) is 0 Å². The van der Waals surface area contributed by atoms with Crippen LogP contribution in [0, 0.1) is 12.8 Å². The topological polar surface area (TPSA) is 37.5 Å². The van der Waals surface area contributed by atoms with Gasteiger partial charge < -0.3 is 9.51 Å². The summed E-state index contributed by atoms with van der Waals surface area (Å²) in [6, 6.07) is 2.07. The molecule has 2 aromatic heterocycles. The molecule has 3 nitrogen and oxygen atoms in total. The van der Waals surface area contributed by atoms with Crippen molar-refractivity contribution in [1.82, 2.24) is 9.38 Å². The predicted octanol–water partition coefficient (Wildman–Crippen LogP) is 3.26. The molecule has 3 rings (SSSR count). The Morgan fingerprint density at radius 2 is 2.11 bits per heavy atom. The van der Waals surface area contributed by atoms with Crippen LogP contribution in [0.2, 0.25) is 0 Å². The monoisotopic (exact) mass is 244 g/mol. The SMILES string of the molecule is Cc1ccn2cncc2c1[C@H](O)C1CCCCC1. The molecule has 0 bridgehead atoms. The highest BCUT2D eigenvalue weighted by Crippen LogP contribution is 2.37. The zero-order chi connectivity index (χ0) is 12.5. The Hall–Kier alpha value is -1.35. The Balaban J connectivity index is 2.01. The van der Waals surface area contributed by atoms with Crippen molar-refractivity contribution in [3.05, 3.63) is 35.9 Å². The lowest BCUT2D eigenvalue weighted by molar-refractivity contribution is 0.0852. The summed E-state index contributed by atoms with van der Waals surface area (Å²) >= 11 is 0. The Morgan fingerprint density at radius 1 is 1.33 bits per heavy atom. The van der Waals surface area contributed by atoms with Crippen molar-refractivity contribution in [2.24, 2.45) is 5.92 Å². The summed E-state index contributed by atoms with van der Waals surface area (Å²) in [6.45, 7) is 2.08. The number of rotatable bonds is 2. The van der Waals surface area contributed by atoms with Gasteiger partial charge in [0, 0.05) is 11.8 Å². The summed E-state index contributed by atoms with van der Waals surface area (Å²) in [5, 5.41) is 10.7. The fourth-order valence-electron chi connectivity index (χ4n) is 3.19. The Labute approximate surface area is 107 Å². The number of hydrogen-bond donors (Lipinski definition) is 1. The van der Waals surface area contributed by atoms with Gasteiger partial charge in [-0.05, 0) is 37.3 Å². The average Bonchev–Trinajstić information content (AvgIpc) is 2.87. The van der Waals surface area contributed by atoms with Crippen LogP contribution < -0.4 is 0 Å². The molecule has 1 aliphatic rings. The van der Waals surface area contributed by atoms with Crippen LogP contribution in [0.5, 0.6) is 0 Å². The molecule has 1 N–H and O–H groups in total. The third-order valence-electron chi connectivity index (χ3n) is 4.24. The molecule has 2 aromatic rings. The van der Waals surface area contributed by atoms with E-state index in [0.29, 0.717) is 5.92 Å². The highest BCUT2D eigenvalue weighted by molar-refractivity contribution is 5.57. The van der Waals surface area contributed by atoms with E-state index in [1.54, 1.807) is 6.33 Å². The van der Waals surface area contributed by atoms with E-state index in [1.807, 2.05) is 16.8 Å². The van der Waals surface area contributed by atoms with Gasteiger partial charge in [-0.3, -0.25) is 0 Å². The maximum absolute atomic E-state index is 10.7. The second-order valence-corrected chi connectivity index (χ2v) is 5.44. The molecule has 1 saturated carbocycles. The molecule has 0 saturated heterocycles. The van der Waals surface area contributed by atoms with Crippen LogP contribution in [0.25, 0.3) is 5.52 Å². The summed E-state index contributed by atoms with van der Waals surface area (Å²) in [5.74, 6) is 0.415. The van der Waals surface area contributed by atoms with Crippen molar-refractivity contribution in [2.45, 2.75) is 45.1 Å². The molecule has 96 valence electrons. The third kappa shape index (κ3) is 1.93. The van der Waals surface area contributed by atoms with Crippen LogP contribution in [-0.2, 0) is 0 Å². The van der Waals surface area contributed by atoms with E-state index >= 15 is 0 Å². The molecule has 0 radical (unpaired) electrons. The molecule has 0 unspecified atom stereocenters. The first-order chi connectivity index (χ1) is 8.77. The summed E-state index contributed by atoms with van der Waals surface area (Å²) in [5.41, 5.74) is 3.29. The second-order valence-electron chi connectivity index (χ2n) is 5.44. The number of pyridine rings is 1. The van der Waals surface area contributed by atoms with Gasteiger partial charge in [0.15, 0.2) is 0 Å². The van der Waals surface area contributed by atoms with E-state index in [0.717, 1.165) is 23.9 Å². The molecule has 0 spiro atoms. The molecule has 1 fully saturated rings. The first-order valence-electron chi connectivity index (χ1n) is 6.86. The predicted molar refractivity (Wildman–Crippen MR) is 71.5 cm³/mol. The van der Waals surface area contributed by atoms with E-state index in [4.69, 9.17) is 0 Å². The molecule has 3 heteroatoms. The van der Waals surface area contributed by atoms with Gasteiger partial charge in [0.25, 0.3) is 0 Å². The minimum absolute atomic E-state index is 0.342. The average molecular weight is 244 g/mol. The number of fused-ring (bicyclic) bond motifs is 1. The lowest BCUT2D eigenvalue weighted by Gasteiger charge is -2.28. The molecule has 1 atom stereocenters. The third-order valence-corrected chi connectivity index (χ3v) is 4.24. The number of nitrogens with zero attached hydrogens (tertiary/aromatic N) is 2. The lowest BCUT2D eigenvalue weighted by atomic mass is 9.82. The minimum Gasteiger partial charge on any atom is -0.388 e. The van der Waals surface area contributed by atoms with Gasteiger partial charge in [-0.2, -0.15) is 0 Å². The lowest BCUT2D eigenvalue weighted by Crippen LogP contribution is -2.17. The Morgan fingerprint density at radius 3 is 2.89 bits per heavy atom. The minimum atomic E-state index is -0.342. The van der Waals surface area contributed by atoms with E-state index in [2.05, 4.69) is 18.0 Å².